The molecule has 0 saturated carbocycles. The predicted molar refractivity (Wildman–Crippen MR) is 107 cm³/mol. The van der Waals surface area contributed by atoms with E-state index in [1.807, 2.05) is 31.2 Å². The van der Waals surface area contributed by atoms with Crippen LogP contribution in [0.5, 0.6) is 0 Å². The standard InChI is InChI=1S/C19H21BrN2O3S/c1-13(16-7-3-4-8-17(16)20)21-19(23)15-9-10-18-14(12-15)6-5-11-22(18)26(2,24)25/h3-4,7-10,12-13H,5-6,11H2,1-2H3,(H,21,23)/t13-/m1/s1. The zero-order valence-electron chi connectivity index (χ0n) is 14.7. The molecule has 1 aliphatic heterocycles. The first-order valence-electron chi connectivity index (χ1n) is 8.43. The van der Waals surface area contributed by atoms with E-state index in [0.717, 1.165) is 28.4 Å². The summed E-state index contributed by atoms with van der Waals surface area (Å²) in [7, 11) is -3.30. The zero-order valence-corrected chi connectivity index (χ0v) is 17.1. The number of carbonyl (C=O) groups excluding carboxylic acids is 1. The van der Waals surface area contributed by atoms with Gasteiger partial charge in [-0.1, -0.05) is 34.1 Å². The van der Waals surface area contributed by atoms with Crippen LogP contribution in [0.25, 0.3) is 0 Å². The molecule has 5 nitrogen and oxygen atoms in total. The van der Waals surface area contributed by atoms with E-state index >= 15 is 0 Å². The molecule has 138 valence electrons. The zero-order chi connectivity index (χ0) is 18.9. The van der Waals surface area contributed by atoms with Crippen LogP contribution in [0.1, 0.15) is 40.9 Å². The first-order chi connectivity index (χ1) is 12.3. The first kappa shape index (κ1) is 18.9. The lowest BCUT2D eigenvalue weighted by Gasteiger charge is -2.29. The van der Waals surface area contributed by atoms with Crippen molar-refractivity contribution < 1.29 is 13.2 Å². The molecule has 1 amide bonds. The number of amides is 1. The van der Waals surface area contributed by atoms with Gasteiger partial charge < -0.3 is 5.32 Å². The molecule has 26 heavy (non-hydrogen) atoms. The Hall–Kier alpha value is -1.86. The van der Waals surface area contributed by atoms with Crippen molar-refractivity contribution >= 4 is 37.5 Å². The summed E-state index contributed by atoms with van der Waals surface area (Å²) in [6.45, 7) is 2.41. The lowest BCUT2D eigenvalue weighted by Crippen LogP contribution is -2.35. The molecule has 0 bridgehead atoms. The van der Waals surface area contributed by atoms with Gasteiger partial charge in [-0.05, 0) is 55.2 Å². The molecular weight excluding hydrogens is 416 g/mol. The van der Waals surface area contributed by atoms with Gasteiger partial charge in [0.1, 0.15) is 0 Å². The van der Waals surface area contributed by atoms with Crippen LogP contribution in [0.3, 0.4) is 0 Å². The topological polar surface area (TPSA) is 66.5 Å². The average Bonchev–Trinajstić information content (AvgIpc) is 2.60. The minimum absolute atomic E-state index is 0.151. The fourth-order valence-corrected chi connectivity index (χ4v) is 4.86. The molecule has 7 heteroatoms. The highest BCUT2D eigenvalue weighted by atomic mass is 79.9. The molecule has 2 aromatic rings. The average molecular weight is 437 g/mol. The van der Waals surface area contributed by atoms with Gasteiger partial charge >= 0.3 is 0 Å². The van der Waals surface area contributed by atoms with Gasteiger partial charge in [-0.25, -0.2) is 8.42 Å². The lowest BCUT2D eigenvalue weighted by molar-refractivity contribution is 0.0939. The minimum Gasteiger partial charge on any atom is -0.345 e. The third kappa shape index (κ3) is 3.94. The largest absolute Gasteiger partial charge is 0.345 e. The molecule has 0 saturated heterocycles. The third-order valence-corrected chi connectivity index (χ3v) is 6.44. The summed E-state index contributed by atoms with van der Waals surface area (Å²) in [6.07, 6.45) is 2.73. The second-order valence-electron chi connectivity index (χ2n) is 6.50. The number of nitrogens with one attached hydrogen (secondary N) is 1. The number of anilines is 1. The molecule has 1 heterocycles. The first-order valence-corrected chi connectivity index (χ1v) is 11.1. The van der Waals surface area contributed by atoms with E-state index in [1.165, 1.54) is 10.6 Å². The van der Waals surface area contributed by atoms with Crippen molar-refractivity contribution in [3.63, 3.8) is 0 Å². The van der Waals surface area contributed by atoms with Crippen molar-refractivity contribution in [1.82, 2.24) is 5.32 Å². The summed E-state index contributed by atoms with van der Waals surface area (Å²) in [5.74, 6) is -0.174. The van der Waals surface area contributed by atoms with E-state index in [4.69, 9.17) is 0 Å². The highest BCUT2D eigenvalue weighted by Gasteiger charge is 2.25. The Morgan fingerprint density at radius 1 is 1.23 bits per heavy atom. The highest BCUT2D eigenvalue weighted by molar-refractivity contribution is 9.10. The van der Waals surface area contributed by atoms with Gasteiger partial charge in [0.05, 0.1) is 18.0 Å². The number of hydrogen-bond donors (Lipinski definition) is 1. The van der Waals surface area contributed by atoms with E-state index < -0.39 is 10.0 Å². The molecule has 0 fully saturated rings. The van der Waals surface area contributed by atoms with E-state index in [2.05, 4.69) is 21.2 Å². The Kier molecular flexibility index (Phi) is 5.39. The van der Waals surface area contributed by atoms with E-state index in [1.54, 1.807) is 18.2 Å². The van der Waals surface area contributed by atoms with Crippen molar-refractivity contribution in [1.29, 1.82) is 0 Å². The van der Waals surface area contributed by atoms with Gasteiger partial charge in [-0.15, -0.1) is 0 Å². The van der Waals surface area contributed by atoms with Gasteiger partial charge in [0, 0.05) is 16.6 Å². The van der Waals surface area contributed by atoms with Gasteiger partial charge in [-0.3, -0.25) is 9.10 Å². The predicted octanol–water partition coefficient (Wildman–Crippen LogP) is 3.65. The number of benzene rings is 2. The highest BCUT2D eigenvalue weighted by Crippen LogP contribution is 2.30. The Balaban J connectivity index is 1.82. The maximum atomic E-state index is 12.6. The van der Waals surface area contributed by atoms with Crippen molar-refractivity contribution in [3.8, 4) is 0 Å². The maximum Gasteiger partial charge on any atom is 0.251 e. The van der Waals surface area contributed by atoms with Gasteiger partial charge in [-0.2, -0.15) is 0 Å². The number of nitrogens with zero attached hydrogens (tertiary/aromatic N) is 1. The fraction of sp³-hybridized carbons (Fsp3) is 0.316. The number of hydrogen-bond acceptors (Lipinski definition) is 3. The van der Waals surface area contributed by atoms with Crippen molar-refractivity contribution in [2.45, 2.75) is 25.8 Å². The SMILES string of the molecule is C[C@@H](NC(=O)c1ccc2c(c1)CCCN2S(C)(=O)=O)c1ccccc1Br. The Labute approximate surface area is 162 Å². The van der Waals surface area contributed by atoms with Gasteiger partial charge in [0.2, 0.25) is 10.0 Å². The Morgan fingerprint density at radius 2 is 1.96 bits per heavy atom. The molecule has 0 radical (unpaired) electrons. The Morgan fingerprint density at radius 3 is 2.65 bits per heavy atom. The third-order valence-electron chi connectivity index (χ3n) is 4.54. The molecule has 0 aliphatic carbocycles. The maximum absolute atomic E-state index is 12.6. The van der Waals surface area contributed by atoms with Crippen LogP contribution in [0.4, 0.5) is 5.69 Å². The number of sulfonamides is 1. The van der Waals surface area contributed by atoms with Crippen LogP contribution in [0, 0.1) is 0 Å². The lowest BCUT2D eigenvalue weighted by atomic mass is 10.00. The number of halogens is 1. The smallest absolute Gasteiger partial charge is 0.251 e. The molecule has 2 aromatic carbocycles. The fourth-order valence-electron chi connectivity index (χ4n) is 3.23. The molecule has 3 rings (SSSR count). The van der Waals surface area contributed by atoms with Crippen LogP contribution in [0.15, 0.2) is 46.9 Å². The normalized spacial score (nSPS) is 15.3. The van der Waals surface area contributed by atoms with Crippen LogP contribution in [0.2, 0.25) is 0 Å². The quantitative estimate of drug-likeness (QED) is 0.794. The van der Waals surface area contributed by atoms with Crippen molar-refractivity contribution in [2.75, 3.05) is 17.1 Å². The second kappa shape index (κ2) is 7.40. The molecule has 1 atom stereocenters. The minimum atomic E-state index is -3.30. The molecule has 0 unspecified atom stereocenters. The summed E-state index contributed by atoms with van der Waals surface area (Å²) in [4.78, 5) is 12.6. The summed E-state index contributed by atoms with van der Waals surface area (Å²) >= 11 is 3.50. The second-order valence-corrected chi connectivity index (χ2v) is 9.26. The Bertz CT molecular complexity index is 944. The van der Waals surface area contributed by atoms with E-state index in [9.17, 15) is 13.2 Å². The molecule has 1 aliphatic rings. The summed E-state index contributed by atoms with van der Waals surface area (Å²) in [5.41, 5.74) is 3.11. The van der Waals surface area contributed by atoms with Crippen molar-refractivity contribution in [2.24, 2.45) is 0 Å². The number of carbonyl (C=O) groups is 1. The van der Waals surface area contributed by atoms with Crippen LogP contribution in [-0.4, -0.2) is 27.1 Å². The van der Waals surface area contributed by atoms with Crippen molar-refractivity contribution in [3.05, 3.63) is 63.6 Å². The molecule has 1 N–H and O–H groups in total. The van der Waals surface area contributed by atoms with Crippen LogP contribution in [-0.2, 0) is 16.4 Å². The van der Waals surface area contributed by atoms with Gasteiger partial charge in [0.25, 0.3) is 5.91 Å². The number of fused-ring (bicyclic) bond motifs is 1. The summed E-state index contributed by atoms with van der Waals surface area (Å²) in [5, 5.41) is 3.00. The van der Waals surface area contributed by atoms with Crippen LogP contribution >= 0.6 is 15.9 Å². The van der Waals surface area contributed by atoms with E-state index in [0.29, 0.717) is 17.8 Å². The van der Waals surface area contributed by atoms with E-state index in [-0.39, 0.29) is 11.9 Å². The number of rotatable bonds is 4. The van der Waals surface area contributed by atoms with Gasteiger partial charge in [0.15, 0.2) is 0 Å². The summed E-state index contributed by atoms with van der Waals surface area (Å²) in [6, 6.07) is 12.8. The number of aryl methyl sites for hydroxylation is 1. The molecule has 0 aromatic heterocycles. The molecule has 0 spiro atoms. The summed E-state index contributed by atoms with van der Waals surface area (Å²) < 4.78 is 26.2. The monoisotopic (exact) mass is 436 g/mol. The molecular formula is C19H21BrN2O3S. The van der Waals surface area contributed by atoms with Crippen LogP contribution < -0.4 is 9.62 Å².